The van der Waals surface area contributed by atoms with Crippen molar-refractivity contribution in [1.82, 2.24) is 5.32 Å². The van der Waals surface area contributed by atoms with Crippen LogP contribution in [0.15, 0.2) is 47.1 Å². The molecule has 0 saturated carbocycles. The lowest BCUT2D eigenvalue weighted by atomic mass is 10.1. The Kier molecular flexibility index (Phi) is 4.45. The molecule has 0 fully saturated rings. The molecule has 0 spiro atoms. The Hall–Kier alpha value is -2.23. The van der Waals surface area contributed by atoms with Crippen molar-refractivity contribution in [3.63, 3.8) is 0 Å². The van der Waals surface area contributed by atoms with Crippen molar-refractivity contribution in [2.45, 2.75) is 32.9 Å². The smallest absolute Gasteiger partial charge is 0.287 e. The van der Waals surface area contributed by atoms with Crippen molar-refractivity contribution >= 4 is 5.91 Å². The van der Waals surface area contributed by atoms with E-state index in [1.54, 1.807) is 12.1 Å². The third-order valence-corrected chi connectivity index (χ3v) is 2.84. The summed E-state index contributed by atoms with van der Waals surface area (Å²) in [4.78, 5) is 11.9. The van der Waals surface area contributed by atoms with Crippen molar-refractivity contribution < 1.29 is 13.9 Å². The van der Waals surface area contributed by atoms with Crippen LogP contribution in [0, 0.1) is 0 Å². The highest BCUT2D eigenvalue weighted by atomic mass is 16.5. The van der Waals surface area contributed by atoms with Gasteiger partial charge in [-0.2, -0.15) is 0 Å². The van der Waals surface area contributed by atoms with Gasteiger partial charge in [-0.25, -0.2) is 0 Å². The SMILES string of the molecule is CC(C)Oc1ccc(C(C)NC(=O)c2ccco2)cc1. The lowest BCUT2D eigenvalue weighted by Crippen LogP contribution is -2.26. The monoisotopic (exact) mass is 273 g/mol. The second-order valence-corrected chi connectivity index (χ2v) is 4.91. The van der Waals surface area contributed by atoms with E-state index in [9.17, 15) is 4.79 Å². The minimum absolute atomic E-state index is 0.0966. The quantitative estimate of drug-likeness (QED) is 0.906. The molecule has 4 heteroatoms. The molecule has 1 aromatic carbocycles. The van der Waals surface area contributed by atoms with Crippen LogP contribution in [0.2, 0.25) is 0 Å². The largest absolute Gasteiger partial charge is 0.491 e. The van der Waals surface area contributed by atoms with E-state index in [0.29, 0.717) is 5.76 Å². The molecule has 0 aliphatic carbocycles. The molecule has 0 radical (unpaired) electrons. The van der Waals surface area contributed by atoms with Crippen LogP contribution in [0.5, 0.6) is 5.75 Å². The molecule has 2 rings (SSSR count). The second kappa shape index (κ2) is 6.28. The third kappa shape index (κ3) is 3.63. The van der Waals surface area contributed by atoms with Crippen LogP contribution in [-0.4, -0.2) is 12.0 Å². The fraction of sp³-hybridized carbons (Fsp3) is 0.312. The zero-order valence-electron chi connectivity index (χ0n) is 11.9. The molecule has 1 N–H and O–H groups in total. The average molecular weight is 273 g/mol. The van der Waals surface area contributed by atoms with E-state index in [2.05, 4.69) is 5.32 Å². The number of benzene rings is 1. The van der Waals surface area contributed by atoms with Crippen LogP contribution in [0.4, 0.5) is 0 Å². The Morgan fingerprint density at radius 2 is 1.85 bits per heavy atom. The molecule has 4 nitrogen and oxygen atoms in total. The molecule has 0 bridgehead atoms. The first-order valence-corrected chi connectivity index (χ1v) is 6.67. The molecule has 1 heterocycles. The fourth-order valence-electron chi connectivity index (χ4n) is 1.87. The Morgan fingerprint density at radius 1 is 1.15 bits per heavy atom. The normalized spacial score (nSPS) is 12.2. The second-order valence-electron chi connectivity index (χ2n) is 4.91. The van der Waals surface area contributed by atoms with Crippen LogP contribution < -0.4 is 10.1 Å². The van der Waals surface area contributed by atoms with Crippen LogP contribution >= 0.6 is 0 Å². The van der Waals surface area contributed by atoms with Crippen molar-refractivity contribution in [2.75, 3.05) is 0 Å². The third-order valence-electron chi connectivity index (χ3n) is 2.84. The van der Waals surface area contributed by atoms with Crippen molar-refractivity contribution in [3.8, 4) is 5.75 Å². The summed E-state index contributed by atoms with van der Waals surface area (Å²) < 4.78 is 10.6. The van der Waals surface area contributed by atoms with Crippen LogP contribution in [-0.2, 0) is 0 Å². The van der Waals surface area contributed by atoms with Gasteiger partial charge < -0.3 is 14.5 Å². The van der Waals surface area contributed by atoms with E-state index in [1.807, 2.05) is 45.0 Å². The maximum atomic E-state index is 11.9. The molecule has 2 aromatic rings. The summed E-state index contributed by atoms with van der Waals surface area (Å²) in [5, 5.41) is 2.89. The van der Waals surface area contributed by atoms with Crippen molar-refractivity contribution in [3.05, 3.63) is 54.0 Å². The van der Waals surface area contributed by atoms with Gasteiger partial charge in [0.05, 0.1) is 18.4 Å². The summed E-state index contributed by atoms with van der Waals surface area (Å²) in [7, 11) is 0. The number of hydrogen-bond donors (Lipinski definition) is 1. The summed E-state index contributed by atoms with van der Waals surface area (Å²) in [5.74, 6) is 0.926. The topological polar surface area (TPSA) is 51.5 Å². The van der Waals surface area contributed by atoms with E-state index in [4.69, 9.17) is 9.15 Å². The highest BCUT2D eigenvalue weighted by molar-refractivity contribution is 5.91. The summed E-state index contributed by atoms with van der Waals surface area (Å²) in [5.41, 5.74) is 1.01. The molecule has 0 aliphatic rings. The summed E-state index contributed by atoms with van der Waals surface area (Å²) >= 11 is 0. The number of hydrogen-bond acceptors (Lipinski definition) is 3. The van der Waals surface area contributed by atoms with Gasteiger partial charge >= 0.3 is 0 Å². The Morgan fingerprint density at radius 3 is 2.40 bits per heavy atom. The number of nitrogens with one attached hydrogen (secondary N) is 1. The molecule has 106 valence electrons. The fourth-order valence-corrected chi connectivity index (χ4v) is 1.87. The number of carbonyl (C=O) groups excluding carboxylic acids is 1. The molecule has 1 aromatic heterocycles. The maximum absolute atomic E-state index is 11.9. The predicted molar refractivity (Wildman–Crippen MR) is 76.8 cm³/mol. The van der Waals surface area contributed by atoms with E-state index < -0.39 is 0 Å². The molecule has 1 amide bonds. The zero-order chi connectivity index (χ0) is 14.5. The van der Waals surface area contributed by atoms with Crippen LogP contribution in [0.3, 0.4) is 0 Å². The summed E-state index contributed by atoms with van der Waals surface area (Å²) in [6.07, 6.45) is 1.63. The predicted octanol–water partition coefficient (Wildman–Crippen LogP) is 3.56. The van der Waals surface area contributed by atoms with Gasteiger partial charge in [0, 0.05) is 0 Å². The first-order chi connectivity index (χ1) is 9.56. The van der Waals surface area contributed by atoms with E-state index in [-0.39, 0.29) is 18.1 Å². The molecule has 20 heavy (non-hydrogen) atoms. The number of rotatable bonds is 5. The number of furan rings is 1. The summed E-state index contributed by atoms with van der Waals surface area (Å²) in [6, 6.07) is 10.9. The van der Waals surface area contributed by atoms with Crippen molar-refractivity contribution in [2.24, 2.45) is 0 Å². The first-order valence-electron chi connectivity index (χ1n) is 6.67. The van der Waals surface area contributed by atoms with Gasteiger partial charge in [0.15, 0.2) is 5.76 Å². The maximum Gasteiger partial charge on any atom is 0.287 e. The van der Waals surface area contributed by atoms with Gasteiger partial charge in [-0.1, -0.05) is 12.1 Å². The van der Waals surface area contributed by atoms with Crippen LogP contribution in [0.25, 0.3) is 0 Å². The molecule has 0 saturated heterocycles. The Balaban J connectivity index is 1.98. The van der Waals surface area contributed by atoms with Gasteiger partial charge in [0.25, 0.3) is 5.91 Å². The lowest BCUT2D eigenvalue weighted by molar-refractivity contribution is 0.0912. The molecule has 1 unspecified atom stereocenters. The average Bonchev–Trinajstić information content (AvgIpc) is 2.92. The minimum Gasteiger partial charge on any atom is -0.491 e. The van der Waals surface area contributed by atoms with E-state index >= 15 is 0 Å². The number of amides is 1. The van der Waals surface area contributed by atoms with E-state index in [0.717, 1.165) is 11.3 Å². The zero-order valence-corrected chi connectivity index (χ0v) is 11.9. The minimum atomic E-state index is -0.218. The highest BCUT2D eigenvalue weighted by Crippen LogP contribution is 2.19. The van der Waals surface area contributed by atoms with Gasteiger partial charge in [0.1, 0.15) is 5.75 Å². The standard InChI is InChI=1S/C16H19NO3/c1-11(2)20-14-8-6-13(7-9-14)12(3)17-16(18)15-5-4-10-19-15/h4-12H,1-3H3,(H,17,18). The Bertz CT molecular complexity index is 544. The van der Waals surface area contributed by atoms with Gasteiger partial charge in [-0.3, -0.25) is 4.79 Å². The van der Waals surface area contributed by atoms with Gasteiger partial charge in [-0.15, -0.1) is 0 Å². The molecule has 1 atom stereocenters. The lowest BCUT2D eigenvalue weighted by Gasteiger charge is -2.15. The van der Waals surface area contributed by atoms with Gasteiger partial charge in [0.2, 0.25) is 0 Å². The Labute approximate surface area is 118 Å². The highest BCUT2D eigenvalue weighted by Gasteiger charge is 2.13. The van der Waals surface area contributed by atoms with Gasteiger partial charge in [-0.05, 0) is 50.6 Å². The first kappa shape index (κ1) is 14.2. The van der Waals surface area contributed by atoms with Crippen LogP contribution in [0.1, 0.15) is 42.9 Å². The molecule has 0 aliphatic heterocycles. The number of carbonyl (C=O) groups is 1. The molecular weight excluding hydrogens is 254 g/mol. The summed E-state index contributed by atoms with van der Waals surface area (Å²) in [6.45, 7) is 5.90. The number of ether oxygens (including phenoxy) is 1. The van der Waals surface area contributed by atoms with E-state index in [1.165, 1.54) is 6.26 Å². The molecular formula is C16H19NO3. The van der Waals surface area contributed by atoms with Crippen molar-refractivity contribution in [1.29, 1.82) is 0 Å².